The molecule has 1 aromatic heterocycles. The van der Waals surface area contributed by atoms with Crippen LogP contribution < -0.4 is 10.6 Å². The van der Waals surface area contributed by atoms with Gasteiger partial charge in [-0.2, -0.15) is 11.3 Å². The van der Waals surface area contributed by atoms with Crippen LogP contribution in [0.1, 0.15) is 12.0 Å². The Balaban J connectivity index is 1.71. The van der Waals surface area contributed by atoms with Gasteiger partial charge in [-0.15, -0.1) is 0 Å². The van der Waals surface area contributed by atoms with Crippen LogP contribution in [0.2, 0.25) is 0 Å². The number of nitrogens with one attached hydrogen (secondary N) is 2. The first kappa shape index (κ1) is 12.4. The lowest BCUT2D eigenvalue weighted by molar-refractivity contribution is -0.123. The predicted octanol–water partition coefficient (Wildman–Crippen LogP) is 1.40. The van der Waals surface area contributed by atoms with Gasteiger partial charge in [0.1, 0.15) is 0 Å². The molecule has 2 heterocycles. The zero-order valence-electron chi connectivity index (χ0n) is 9.21. The Kier molecular flexibility index (Phi) is 3.73. The van der Waals surface area contributed by atoms with Gasteiger partial charge in [-0.1, -0.05) is 0 Å². The maximum atomic E-state index is 12.9. The van der Waals surface area contributed by atoms with Crippen LogP contribution in [0.5, 0.6) is 0 Å². The Hall–Kier alpha value is -1.01. The monoisotopic (exact) mass is 260 g/mol. The summed E-state index contributed by atoms with van der Waals surface area (Å²) in [5.74, 6) is -3.09. The summed E-state index contributed by atoms with van der Waals surface area (Å²) in [7, 11) is 0. The van der Waals surface area contributed by atoms with Gasteiger partial charge in [0.25, 0.3) is 5.92 Å². The molecule has 0 saturated carbocycles. The van der Waals surface area contributed by atoms with Crippen LogP contribution in [-0.2, 0) is 11.2 Å². The Bertz CT molecular complexity index is 381. The summed E-state index contributed by atoms with van der Waals surface area (Å²) in [5.41, 5.74) is 1.15. The highest BCUT2D eigenvalue weighted by atomic mass is 32.1. The van der Waals surface area contributed by atoms with Crippen molar-refractivity contribution in [3.8, 4) is 0 Å². The maximum absolute atomic E-state index is 12.9. The van der Waals surface area contributed by atoms with Crippen LogP contribution in [0.3, 0.4) is 0 Å². The van der Waals surface area contributed by atoms with E-state index in [2.05, 4.69) is 10.6 Å². The lowest BCUT2D eigenvalue weighted by Gasteiger charge is -2.10. The van der Waals surface area contributed by atoms with Gasteiger partial charge in [0.05, 0.1) is 12.6 Å². The fourth-order valence-electron chi connectivity index (χ4n) is 1.79. The van der Waals surface area contributed by atoms with Crippen molar-refractivity contribution in [3.63, 3.8) is 0 Å². The Morgan fingerprint density at radius 1 is 1.65 bits per heavy atom. The summed E-state index contributed by atoms with van der Waals surface area (Å²) in [6.45, 7) is 0.0783. The van der Waals surface area contributed by atoms with Gasteiger partial charge in [0.15, 0.2) is 0 Å². The molecule has 2 N–H and O–H groups in total. The van der Waals surface area contributed by atoms with E-state index in [4.69, 9.17) is 0 Å². The third kappa shape index (κ3) is 3.47. The van der Waals surface area contributed by atoms with Gasteiger partial charge < -0.3 is 5.32 Å². The SMILES string of the molecule is O=C(NCCc1ccsc1)C1CC(F)(F)CN1. The highest BCUT2D eigenvalue weighted by Gasteiger charge is 2.42. The summed E-state index contributed by atoms with van der Waals surface area (Å²) in [6.07, 6.45) is 0.329. The van der Waals surface area contributed by atoms with E-state index in [1.165, 1.54) is 0 Å². The summed E-state index contributed by atoms with van der Waals surface area (Å²) in [4.78, 5) is 11.6. The average Bonchev–Trinajstić information content (AvgIpc) is 2.87. The van der Waals surface area contributed by atoms with Crippen molar-refractivity contribution < 1.29 is 13.6 Å². The molecule has 94 valence electrons. The molecular weight excluding hydrogens is 246 g/mol. The third-order valence-corrected chi connectivity index (χ3v) is 3.45. The van der Waals surface area contributed by atoms with Crippen molar-refractivity contribution in [2.75, 3.05) is 13.1 Å². The summed E-state index contributed by atoms with van der Waals surface area (Å²) in [5, 5.41) is 9.18. The number of hydrogen-bond donors (Lipinski definition) is 2. The smallest absolute Gasteiger partial charge is 0.262 e. The minimum Gasteiger partial charge on any atom is -0.354 e. The van der Waals surface area contributed by atoms with E-state index in [0.29, 0.717) is 6.54 Å². The van der Waals surface area contributed by atoms with Crippen LogP contribution >= 0.6 is 11.3 Å². The Labute approximate surface area is 102 Å². The maximum Gasteiger partial charge on any atom is 0.262 e. The van der Waals surface area contributed by atoms with Crippen LogP contribution in [0.4, 0.5) is 8.78 Å². The molecule has 2 rings (SSSR count). The van der Waals surface area contributed by atoms with E-state index in [1.54, 1.807) is 11.3 Å². The summed E-state index contributed by atoms with van der Waals surface area (Å²) < 4.78 is 25.7. The quantitative estimate of drug-likeness (QED) is 0.859. The van der Waals surface area contributed by atoms with Gasteiger partial charge in [-0.25, -0.2) is 8.78 Å². The molecule has 0 radical (unpaired) electrons. The molecule has 0 aliphatic carbocycles. The fraction of sp³-hybridized carbons (Fsp3) is 0.545. The molecule has 0 spiro atoms. The van der Waals surface area contributed by atoms with Crippen LogP contribution in [0.25, 0.3) is 0 Å². The number of amides is 1. The summed E-state index contributed by atoms with van der Waals surface area (Å²) >= 11 is 1.60. The van der Waals surface area contributed by atoms with Gasteiger partial charge >= 0.3 is 0 Å². The van der Waals surface area contributed by atoms with E-state index >= 15 is 0 Å². The van der Waals surface area contributed by atoms with Crippen LogP contribution in [0.15, 0.2) is 16.8 Å². The third-order valence-electron chi connectivity index (χ3n) is 2.72. The molecular formula is C11H14F2N2OS. The Morgan fingerprint density at radius 3 is 3.06 bits per heavy atom. The van der Waals surface area contributed by atoms with Crippen LogP contribution in [-0.4, -0.2) is 31.0 Å². The van der Waals surface area contributed by atoms with E-state index in [1.807, 2.05) is 16.8 Å². The Morgan fingerprint density at radius 2 is 2.47 bits per heavy atom. The van der Waals surface area contributed by atoms with Crippen molar-refractivity contribution >= 4 is 17.2 Å². The lowest BCUT2D eigenvalue weighted by Crippen LogP contribution is -2.41. The number of rotatable bonds is 4. The van der Waals surface area contributed by atoms with Crippen molar-refractivity contribution in [2.45, 2.75) is 24.8 Å². The zero-order chi connectivity index (χ0) is 12.3. The second-order valence-corrected chi connectivity index (χ2v) is 4.95. The number of halogens is 2. The standard InChI is InChI=1S/C11H14F2N2OS/c12-11(13)5-9(15-7-11)10(16)14-3-1-8-2-4-17-6-8/h2,4,6,9,15H,1,3,5,7H2,(H,14,16). The molecule has 1 atom stereocenters. The summed E-state index contributed by atoms with van der Waals surface area (Å²) in [6, 6.07) is 1.23. The van der Waals surface area contributed by atoms with Crippen molar-refractivity contribution in [3.05, 3.63) is 22.4 Å². The molecule has 1 aromatic rings. The first-order valence-electron chi connectivity index (χ1n) is 5.47. The predicted molar refractivity (Wildman–Crippen MR) is 62.4 cm³/mol. The molecule has 1 amide bonds. The average molecular weight is 260 g/mol. The van der Waals surface area contributed by atoms with Crippen molar-refractivity contribution in [1.29, 1.82) is 0 Å². The largest absolute Gasteiger partial charge is 0.354 e. The van der Waals surface area contributed by atoms with E-state index in [-0.39, 0.29) is 5.91 Å². The van der Waals surface area contributed by atoms with Crippen molar-refractivity contribution in [2.24, 2.45) is 0 Å². The molecule has 1 aliphatic heterocycles. The molecule has 17 heavy (non-hydrogen) atoms. The molecule has 1 unspecified atom stereocenters. The second kappa shape index (κ2) is 5.10. The van der Waals surface area contributed by atoms with Gasteiger partial charge in [0, 0.05) is 13.0 Å². The number of thiophene rings is 1. The molecule has 0 bridgehead atoms. The number of carbonyl (C=O) groups is 1. The first-order valence-corrected chi connectivity index (χ1v) is 6.41. The van der Waals surface area contributed by atoms with E-state index in [9.17, 15) is 13.6 Å². The molecule has 6 heteroatoms. The topological polar surface area (TPSA) is 41.1 Å². The highest BCUT2D eigenvalue weighted by Crippen LogP contribution is 2.24. The minimum absolute atomic E-state index is 0.336. The van der Waals surface area contributed by atoms with Gasteiger partial charge in [0.2, 0.25) is 5.91 Å². The number of carbonyl (C=O) groups excluding carboxylic acids is 1. The molecule has 1 aliphatic rings. The van der Waals surface area contributed by atoms with Crippen molar-refractivity contribution in [1.82, 2.24) is 10.6 Å². The van der Waals surface area contributed by atoms with Gasteiger partial charge in [-0.3, -0.25) is 10.1 Å². The number of hydrogen-bond acceptors (Lipinski definition) is 3. The van der Waals surface area contributed by atoms with E-state index in [0.717, 1.165) is 12.0 Å². The molecule has 3 nitrogen and oxygen atoms in total. The van der Waals surface area contributed by atoms with Gasteiger partial charge in [-0.05, 0) is 28.8 Å². The molecule has 0 aromatic carbocycles. The first-order chi connectivity index (χ1) is 8.07. The number of alkyl halides is 2. The second-order valence-electron chi connectivity index (χ2n) is 4.17. The molecule has 1 saturated heterocycles. The van der Waals surface area contributed by atoms with E-state index < -0.39 is 24.9 Å². The molecule has 1 fully saturated rings. The fourth-order valence-corrected chi connectivity index (χ4v) is 2.49. The lowest BCUT2D eigenvalue weighted by atomic mass is 10.2. The highest BCUT2D eigenvalue weighted by molar-refractivity contribution is 7.07. The minimum atomic E-state index is -2.75. The normalized spacial score (nSPS) is 22.6. The van der Waals surface area contributed by atoms with Crippen LogP contribution in [0, 0.1) is 0 Å². The zero-order valence-corrected chi connectivity index (χ0v) is 10.0.